The van der Waals surface area contributed by atoms with Gasteiger partial charge in [0, 0.05) is 12.8 Å². The molecular weight excluding hydrogens is 695 g/mol. The lowest BCUT2D eigenvalue weighted by molar-refractivity contribution is -0.870. The first-order valence-electron chi connectivity index (χ1n) is 21.5. The molecule has 0 fully saturated rings. The predicted molar refractivity (Wildman–Crippen MR) is 226 cm³/mol. The van der Waals surface area contributed by atoms with Crippen LogP contribution in [0.15, 0.2) is 60.8 Å². The number of likely N-dealkylation sites (N-methyl/N-ethyl adjacent to an activating group) is 1. The molecule has 0 aliphatic rings. The second kappa shape index (κ2) is 37.9. The summed E-state index contributed by atoms with van der Waals surface area (Å²) in [5.41, 5.74) is 0. The Morgan fingerprint density at radius 1 is 0.564 bits per heavy atom. The molecule has 0 amide bonds. The molecule has 0 aliphatic carbocycles. The zero-order valence-corrected chi connectivity index (χ0v) is 35.6. The Morgan fingerprint density at radius 3 is 1.53 bits per heavy atom. The van der Waals surface area contributed by atoms with Crippen LogP contribution in [0.25, 0.3) is 0 Å². The zero-order chi connectivity index (χ0) is 40.7. The summed E-state index contributed by atoms with van der Waals surface area (Å²) in [5, 5.41) is 9.61. The van der Waals surface area contributed by atoms with Crippen molar-refractivity contribution in [3.05, 3.63) is 60.8 Å². The summed E-state index contributed by atoms with van der Waals surface area (Å²) in [5.74, 6) is -2.09. The maximum absolute atomic E-state index is 12.7. The number of carboxylic acid groups (broad SMARTS) is 1. The molecule has 2 atom stereocenters. The zero-order valence-electron chi connectivity index (χ0n) is 35.6. The molecule has 0 aromatic heterocycles. The topological polar surface area (TPSA) is 108 Å². The molecule has 1 unspecified atom stereocenters. The Hall–Kier alpha value is -3.01. The molecule has 0 saturated carbocycles. The van der Waals surface area contributed by atoms with Gasteiger partial charge in [0.25, 0.3) is 6.29 Å². The van der Waals surface area contributed by atoms with Gasteiger partial charge >= 0.3 is 17.9 Å². The molecule has 1 N–H and O–H groups in total. The normalized spacial score (nSPS) is 13.5. The summed E-state index contributed by atoms with van der Waals surface area (Å²) < 4.78 is 22.6. The number of aliphatic carboxylic acids is 1. The van der Waals surface area contributed by atoms with Crippen LogP contribution in [0.1, 0.15) is 155 Å². The minimum absolute atomic E-state index is 0.175. The first-order valence-corrected chi connectivity index (χ1v) is 21.5. The minimum atomic E-state index is -1.52. The summed E-state index contributed by atoms with van der Waals surface area (Å²) in [4.78, 5) is 37.0. The van der Waals surface area contributed by atoms with E-state index in [1.54, 1.807) is 0 Å². The average molecular weight is 775 g/mol. The van der Waals surface area contributed by atoms with E-state index in [1.807, 2.05) is 21.1 Å². The number of hydrogen-bond acceptors (Lipinski definition) is 7. The molecule has 0 rings (SSSR count). The van der Waals surface area contributed by atoms with E-state index in [0.29, 0.717) is 23.9 Å². The molecule has 0 bridgehead atoms. The van der Waals surface area contributed by atoms with Gasteiger partial charge in [0.05, 0.1) is 34.4 Å². The van der Waals surface area contributed by atoms with Crippen LogP contribution < -0.4 is 0 Å². The van der Waals surface area contributed by atoms with E-state index in [2.05, 4.69) is 74.6 Å². The molecule has 0 heterocycles. The van der Waals surface area contributed by atoms with Crippen molar-refractivity contribution in [2.24, 2.45) is 0 Å². The third kappa shape index (κ3) is 39.0. The summed E-state index contributed by atoms with van der Waals surface area (Å²) in [7, 11) is 5.93. The Morgan fingerprint density at radius 2 is 1.04 bits per heavy atom. The van der Waals surface area contributed by atoms with Crippen LogP contribution in [0.5, 0.6) is 0 Å². The fourth-order valence-electron chi connectivity index (χ4n) is 5.46. The molecule has 0 aromatic rings. The van der Waals surface area contributed by atoms with E-state index >= 15 is 0 Å². The Kier molecular flexibility index (Phi) is 35.8. The molecule has 316 valence electrons. The fourth-order valence-corrected chi connectivity index (χ4v) is 5.46. The number of unbranched alkanes of at least 4 members (excludes halogenated alkanes) is 13. The quantitative estimate of drug-likeness (QED) is 0.0217. The molecule has 0 aromatic carbocycles. The first kappa shape index (κ1) is 52.0. The number of allylic oxidation sites excluding steroid dienone is 10. The number of esters is 2. The number of carbonyl (C=O) groups excluding carboxylic acids is 2. The second-order valence-electron chi connectivity index (χ2n) is 15.3. The van der Waals surface area contributed by atoms with E-state index in [1.165, 1.54) is 64.2 Å². The van der Waals surface area contributed by atoms with Gasteiger partial charge in [0.15, 0.2) is 6.10 Å². The molecule has 9 nitrogen and oxygen atoms in total. The van der Waals surface area contributed by atoms with E-state index in [0.717, 1.165) is 57.8 Å². The maximum atomic E-state index is 12.7. The molecule has 0 aliphatic heterocycles. The molecule has 0 spiro atoms. The van der Waals surface area contributed by atoms with Crippen molar-refractivity contribution < 1.29 is 42.9 Å². The fraction of sp³-hybridized carbons (Fsp3) is 0.717. The highest BCUT2D eigenvalue weighted by Crippen LogP contribution is 2.14. The van der Waals surface area contributed by atoms with Crippen LogP contribution in [0.2, 0.25) is 0 Å². The number of nitrogens with zero attached hydrogens (tertiary/aromatic N) is 1. The van der Waals surface area contributed by atoms with E-state index in [4.69, 9.17) is 18.9 Å². The Labute approximate surface area is 335 Å². The van der Waals surface area contributed by atoms with Gasteiger partial charge in [-0.3, -0.25) is 9.59 Å². The van der Waals surface area contributed by atoms with Crippen LogP contribution in [-0.2, 0) is 33.3 Å². The van der Waals surface area contributed by atoms with Crippen LogP contribution in [-0.4, -0.2) is 87.4 Å². The molecule has 0 radical (unpaired) electrons. The lowest BCUT2D eigenvalue weighted by atomic mass is 10.0. The average Bonchev–Trinajstić information content (AvgIpc) is 3.14. The van der Waals surface area contributed by atoms with Crippen LogP contribution >= 0.6 is 0 Å². The minimum Gasteiger partial charge on any atom is -0.477 e. The van der Waals surface area contributed by atoms with Crippen molar-refractivity contribution >= 4 is 17.9 Å². The van der Waals surface area contributed by atoms with Crippen molar-refractivity contribution in [1.82, 2.24) is 0 Å². The highest BCUT2D eigenvalue weighted by molar-refractivity contribution is 5.71. The Balaban J connectivity index is 4.58. The van der Waals surface area contributed by atoms with E-state index in [9.17, 15) is 19.5 Å². The van der Waals surface area contributed by atoms with Crippen molar-refractivity contribution in [3.8, 4) is 0 Å². The van der Waals surface area contributed by atoms with Gasteiger partial charge in [-0.1, -0.05) is 152 Å². The standard InChI is InChI=1S/C46H79NO8/c1-6-8-10-12-14-16-18-20-21-22-23-25-27-29-31-33-35-37-44(49)55-42(41-54-46(45(50)51)52-39-38-47(3,4)5)40-53-43(48)36-34-32-30-28-26-24-19-17-15-13-11-9-7-2/h8,10,14,16,20-21,23,25,29,31,42,46H,6-7,9,11-13,15,17-19,22,24,26-28,30,32-41H2,1-5H3/p+1/b10-8-,16-14-,21-20-,25-23-,31-29-/t42-,46?/m1/s1. The third-order valence-electron chi connectivity index (χ3n) is 8.79. The summed E-state index contributed by atoms with van der Waals surface area (Å²) in [6, 6.07) is 0. The number of ether oxygens (including phenoxy) is 4. The van der Waals surface area contributed by atoms with Crippen molar-refractivity contribution in [2.45, 2.75) is 167 Å². The maximum Gasteiger partial charge on any atom is 0.361 e. The smallest absolute Gasteiger partial charge is 0.361 e. The van der Waals surface area contributed by atoms with Crippen molar-refractivity contribution in [3.63, 3.8) is 0 Å². The van der Waals surface area contributed by atoms with Gasteiger partial charge < -0.3 is 28.5 Å². The highest BCUT2D eigenvalue weighted by Gasteiger charge is 2.25. The summed E-state index contributed by atoms with van der Waals surface area (Å²) >= 11 is 0. The number of carbonyl (C=O) groups is 3. The second-order valence-corrected chi connectivity index (χ2v) is 15.3. The summed E-state index contributed by atoms with van der Waals surface area (Å²) in [6.07, 6.45) is 41.4. The van der Waals surface area contributed by atoms with E-state index < -0.39 is 24.3 Å². The lowest BCUT2D eigenvalue weighted by Gasteiger charge is -2.25. The van der Waals surface area contributed by atoms with Gasteiger partial charge in [-0.15, -0.1) is 0 Å². The SMILES string of the molecule is CC/C=C\C/C=C\C/C=C\C/C=C\C/C=C\CCCC(=O)O[C@H](COC(=O)CCCCCCCCCCCCCCC)COC(OCC[N+](C)(C)C)C(=O)O. The molecule has 55 heavy (non-hydrogen) atoms. The van der Waals surface area contributed by atoms with Gasteiger partial charge in [-0.25, -0.2) is 4.79 Å². The predicted octanol–water partition coefficient (Wildman–Crippen LogP) is 11.0. The third-order valence-corrected chi connectivity index (χ3v) is 8.79. The first-order chi connectivity index (χ1) is 26.6. The number of rotatable bonds is 38. The summed E-state index contributed by atoms with van der Waals surface area (Å²) in [6.45, 7) is 4.67. The van der Waals surface area contributed by atoms with E-state index in [-0.39, 0.29) is 32.2 Å². The van der Waals surface area contributed by atoms with Gasteiger partial charge in [0.2, 0.25) is 0 Å². The molecule has 0 saturated heterocycles. The van der Waals surface area contributed by atoms with Gasteiger partial charge in [-0.05, 0) is 51.4 Å². The molecular formula is C46H80NO8+. The van der Waals surface area contributed by atoms with Crippen LogP contribution in [0.4, 0.5) is 0 Å². The largest absolute Gasteiger partial charge is 0.477 e. The monoisotopic (exact) mass is 775 g/mol. The van der Waals surface area contributed by atoms with Gasteiger partial charge in [0.1, 0.15) is 13.2 Å². The van der Waals surface area contributed by atoms with Crippen LogP contribution in [0.3, 0.4) is 0 Å². The lowest BCUT2D eigenvalue weighted by Crippen LogP contribution is -2.40. The van der Waals surface area contributed by atoms with Crippen LogP contribution in [0, 0.1) is 0 Å². The van der Waals surface area contributed by atoms with Crippen molar-refractivity contribution in [2.75, 3.05) is 47.5 Å². The number of hydrogen-bond donors (Lipinski definition) is 1. The Bertz CT molecular complexity index is 1090. The number of carboxylic acids is 1. The number of quaternary nitrogens is 1. The van der Waals surface area contributed by atoms with Crippen molar-refractivity contribution in [1.29, 1.82) is 0 Å². The molecule has 9 heteroatoms. The highest BCUT2D eigenvalue weighted by atomic mass is 16.7. The van der Waals surface area contributed by atoms with Gasteiger partial charge in [-0.2, -0.15) is 0 Å².